The number of nitrogens with zero attached hydrogens (tertiary/aromatic N) is 2. The summed E-state index contributed by atoms with van der Waals surface area (Å²) in [6.07, 6.45) is 0. The maximum absolute atomic E-state index is 10.9. The SMILES string of the molecule is N#Cc1ccc(Nc2cc(Cl)c(Cl)cc2Cl)cc1[N+](=O)[O-]. The summed E-state index contributed by atoms with van der Waals surface area (Å²) < 4.78 is 0. The third-order valence-electron chi connectivity index (χ3n) is 2.60. The van der Waals surface area contributed by atoms with Gasteiger partial charge in [-0.15, -0.1) is 0 Å². The van der Waals surface area contributed by atoms with Gasteiger partial charge in [0.2, 0.25) is 0 Å². The Morgan fingerprint density at radius 1 is 1.10 bits per heavy atom. The third kappa shape index (κ3) is 3.37. The molecule has 0 atom stereocenters. The summed E-state index contributed by atoms with van der Waals surface area (Å²) in [5.41, 5.74) is 0.538. The molecule has 0 heterocycles. The van der Waals surface area contributed by atoms with Crippen LogP contribution in [-0.2, 0) is 0 Å². The minimum absolute atomic E-state index is 0.0224. The van der Waals surface area contributed by atoms with Gasteiger partial charge >= 0.3 is 0 Å². The first-order valence-corrected chi connectivity index (χ1v) is 6.66. The number of nitro groups is 1. The first kappa shape index (κ1) is 15.4. The van der Waals surface area contributed by atoms with E-state index in [1.807, 2.05) is 0 Å². The van der Waals surface area contributed by atoms with Crippen LogP contribution in [0.4, 0.5) is 17.1 Å². The number of nitriles is 1. The number of hydrogen-bond acceptors (Lipinski definition) is 4. The van der Waals surface area contributed by atoms with E-state index in [4.69, 9.17) is 40.1 Å². The predicted molar refractivity (Wildman–Crippen MR) is 82.6 cm³/mol. The lowest BCUT2D eigenvalue weighted by Crippen LogP contribution is -1.96. The van der Waals surface area contributed by atoms with Gasteiger partial charge in [-0.25, -0.2) is 0 Å². The third-order valence-corrected chi connectivity index (χ3v) is 3.64. The van der Waals surface area contributed by atoms with Gasteiger partial charge in [0.05, 0.1) is 25.7 Å². The number of rotatable bonds is 3. The van der Waals surface area contributed by atoms with Crippen LogP contribution in [0.15, 0.2) is 30.3 Å². The number of hydrogen-bond donors (Lipinski definition) is 1. The van der Waals surface area contributed by atoms with Crippen molar-refractivity contribution in [3.8, 4) is 6.07 Å². The van der Waals surface area contributed by atoms with Crippen LogP contribution in [0.25, 0.3) is 0 Å². The molecule has 0 radical (unpaired) electrons. The van der Waals surface area contributed by atoms with Crippen molar-refractivity contribution in [3.05, 3.63) is 61.1 Å². The van der Waals surface area contributed by atoms with E-state index in [9.17, 15) is 10.1 Å². The van der Waals surface area contributed by atoms with E-state index in [0.717, 1.165) is 0 Å². The molecule has 2 aromatic rings. The zero-order valence-corrected chi connectivity index (χ0v) is 12.5. The largest absolute Gasteiger partial charge is 0.354 e. The van der Waals surface area contributed by atoms with E-state index in [0.29, 0.717) is 26.4 Å². The van der Waals surface area contributed by atoms with Crippen molar-refractivity contribution in [1.29, 1.82) is 5.26 Å². The summed E-state index contributed by atoms with van der Waals surface area (Å²) in [6.45, 7) is 0. The van der Waals surface area contributed by atoms with E-state index in [2.05, 4.69) is 5.32 Å². The fourth-order valence-corrected chi connectivity index (χ4v) is 2.22. The molecular weight excluding hydrogens is 337 g/mol. The lowest BCUT2D eigenvalue weighted by Gasteiger charge is -2.10. The van der Waals surface area contributed by atoms with Crippen molar-refractivity contribution in [3.63, 3.8) is 0 Å². The van der Waals surface area contributed by atoms with Gasteiger partial charge in [-0.1, -0.05) is 34.8 Å². The zero-order chi connectivity index (χ0) is 15.6. The molecule has 0 saturated carbocycles. The minimum atomic E-state index is -0.625. The molecular formula is C13H6Cl3N3O2. The van der Waals surface area contributed by atoms with Crippen molar-refractivity contribution < 1.29 is 4.92 Å². The van der Waals surface area contributed by atoms with Gasteiger partial charge in [0.15, 0.2) is 0 Å². The van der Waals surface area contributed by atoms with Crippen LogP contribution < -0.4 is 5.32 Å². The van der Waals surface area contributed by atoms with Crippen molar-refractivity contribution in [1.82, 2.24) is 0 Å². The molecule has 106 valence electrons. The Balaban J connectivity index is 2.41. The summed E-state index contributed by atoms with van der Waals surface area (Å²) in [5.74, 6) is 0. The van der Waals surface area contributed by atoms with Crippen LogP contribution in [0.3, 0.4) is 0 Å². The molecule has 21 heavy (non-hydrogen) atoms. The molecule has 0 saturated heterocycles. The molecule has 0 aliphatic heterocycles. The average molecular weight is 343 g/mol. The molecule has 0 unspecified atom stereocenters. The fraction of sp³-hybridized carbons (Fsp3) is 0. The van der Waals surface area contributed by atoms with Crippen molar-refractivity contribution in [2.45, 2.75) is 0 Å². The lowest BCUT2D eigenvalue weighted by molar-refractivity contribution is -0.385. The highest BCUT2D eigenvalue weighted by molar-refractivity contribution is 6.44. The van der Waals surface area contributed by atoms with Crippen LogP contribution in [-0.4, -0.2) is 4.92 Å². The van der Waals surface area contributed by atoms with Gasteiger partial charge in [0.25, 0.3) is 5.69 Å². The van der Waals surface area contributed by atoms with Gasteiger partial charge in [-0.3, -0.25) is 10.1 Å². The molecule has 2 rings (SSSR count). The topological polar surface area (TPSA) is 79.0 Å². The molecule has 1 N–H and O–H groups in total. The van der Waals surface area contributed by atoms with Crippen LogP contribution >= 0.6 is 34.8 Å². The minimum Gasteiger partial charge on any atom is -0.354 e. The molecule has 2 aromatic carbocycles. The molecule has 0 aromatic heterocycles. The van der Waals surface area contributed by atoms with E-state index >= 15 is 0 Å². The van der Waals surface area contributed by atoms with Crippen molar-refractivity contribution in [2.24, 2.45) is 0 Å². The Labute approximate surface area is 134 Å². The quantitative estimate of drug-likeness (QED) is 0.474. The van der Waals surface area contributed by atoms with E-state index < -0.39 is 4.92 Å². The van der Waals surface area contributed by atoms with Gasteiger partial charge in [0.1, 0.15) is 11.6 Å². The highest BCUT2D eigenvalue weighted by Gasteiger charge is 2.15. The summed E-state index contributed by atoms with van der Waals surface area (Å²) in [6, 6.07) is 8.87. The molecule has 0 amide bonds. The molecule has 8 heteroatoms. The Bertz CT molecular complexity index is 772. The molecule has 0 fully saturated rings. The number of nitro benzene ring substituents is 1. The highest BCUT2D eigenvalue weighted by atomic mass is 35.5. The summed E-state index contributed by atoms with van der Waals surface area (Å²) in [4.78, 5) is 10.3. The van der Waals surface area contributed by atoms with E-state index in [1.165, 1.54) is 30.3 Å². The van der Waals surface area contributed by atoms with Crippen LogP contribution in [0, 0.1) is 21.4 Å². The molecule has 0 bridgehead atoms. The first-order valence-electron chi connectivity index (χ1n) is 5.52. The van der Waals surface area contributed by atoms with Crippen molar-refractivity contribution in [2.75, 3.05) is 5.32 Å². The average Bonchev–Trinajstić information content (AvgIpc) is 2.44. The molecule has 0 aliphatic rings. The molecule has 0 spiro atoms. The van der Waals surface area contributed by atoms with Crippen LogP contribution in [0.5, 0.6) is 0 Å². The fourth-order valence-electron chi connectivity index (χ4n) is 1.63. The van der Waals surface area contributed by atoms with Gasteiger partial charge in [0, 0.05) is 11.8 Å². The number of nitrogens with one attached hydrogen (secondary N) is 1. The van der Waals surface area contributed by atoms with Gasteiger partial charge < -0.3 is 5.32 Å². The Morgan fingerprint density at radius 3 is 2.38 bits per heavy atom. The van der Waals surface area contributed by atoms with Crippen LogP contribution in [0.1, 0.15) is 5.56 Å². The van der Waals surface area contributed by atoms with E-state index in [-0.39, 0.29) is 11.3 Å². The normalized spacial score (nSPS) is 10.0. The van der Waals surface area contributed by atoms with Crippen molar-refractivity contribution >= 4 is 51.9 Å². The zero-order valence-electron chi connectivity index (χ0n) is 10.2. The number of anilines is 2. The summed E-state index contributed by atoms with van der Waals surface area (Å²) in [7, 11) is 0. The number of halogens is 3. The Kier molecular flexibility index (Phi) is 4.53. The second-order valence-electron chi connectivity index (χ2n) is 3.97. The molecule has 5 nitrogen and oxygen atoms in total. The second kappa shape index (κ2) is 6.19. The standard InChI is InChI=1S/C13H6Cl3N3O2/c14-9-4-11(16)12(5-10(9)15)18-8-2-1-7(6-17)13(3-8)19(20)21/h1-5,18H. The molecule has 0 aliphatic carbocycles. The maximum Gasteiger partial charge on any atom is 0.289 e. The smallest absolute Gasteiger partial charge is 0.289 e. The maximum atomic E-state index is 10.9. The van der Waals surface area contributed by atoms with Gasteiger partial charge in [-0.2, -0.15) is 5.26 Å². The summed E-state index contributed by atoms with van der Waals surface area (Å²) >= 11 is 17.7. The first-order chi connectivity index (χ1) is 9.92. The Hall–Kier alpha value is -2.00. The van der Waals surface area contributed by atoms with Gasteiger partial charge in [-0.05, 0) is 24.3 Å². The van der Waals surface area contributed by atoms with Crippen LogP contribution in [0.2, 0.25) is 15.1 Å². The second-order valence-corrected chi connectivity index (χ2v) is 5.19. The lowest BCUT2D eigenvalue weighted by atomic mass is 10.1. The Morgan fingerprint density at radius 2 is 1.76 bits per heavy atom. The van der Waals surface area contributed by atoms with E-state index in [1.54, 1.807) is 6.07 Å². The summed E-state index contributed by atoms with van der Waals surface area (Å²) in [5, 5.41) is 23.6. The predicted octanol–water partition coefficient (Wildman–Crippen LogP) is 5.17. The highest BCUT2D eigenvalue weighted by Crippen LogP contribution is 2.34. The monoisotopic (exact) mass is 341 g/mol. The number of benzene rings is 2.